The Hall–Kier alpha value is -2.40. The van der Waals surface area contributed by atoms with Gasteiger partial charge in [-0.15, -0.1) is 17.9 Å². The van der Waals surface area contributed by atoms with Gasteiger partial charge >= 0.3 is 0 Å². The molecular formula is C19H22N2O2S. The molecule has 0 fully saturated rings. The van der Waals surface area contributed by atoms with Gasteiger partial charge in [0.25, 0.3) is 5.91 Å². The van der Waals surface area contributed by atoms with Gasteiger partial charge in [-0.3, -0.25) is 9.59 Å². The summed E-state index contributed by atoms with van der Waals surface area (Å²) in [6.07, 6.45) is 1.69. The highest BCUT2D eigenvalue weighted by molar-refractivity contribution is 7.09. The molecule has 4 nitrogen and oxygen atoms in total. The zero-order chi connectivity index (χ0) is 17.5. The summed E-state index contributed by atoms with van der Waals surface area (Å²) in [7, 11) is 0. The van der Waals surface area contributed by atoms with E-state index >= 15 is 0 Å². The van der Waals surface area contributed by atoms with E-state index in [1.54, 1.807) is 22.3 Å². The molecule has 1 N–H and O–H groups in total. The molecule has 0 unspecified atom stereocenters. The van der Waals surface area contributed by atoms with E-state index in [0.717, 1.165) is 16.0 Å². The normalized spacial score (nSPS) is 10.2. The van der Waals surface area contributed by atoms with E-state index in [2.05, 4.69) is 11.9 Å². The molecule has 5 heteroatoms. The highest BCUT2D eigenvalue weighted by Gasteiger charge is 2.15. The number of carbonyl (C=O) groups excluding carboxylic acids is 2. The fourth-order valence-electron chi connectivity index (χ4n) is 2.48. The van der Waals surface area contributed by atoms with Crippen molar-refractivity contribution in [3.8, 4) is 0 Å². The SMILES string of the molecule is C=CCN(Cc1cccs1)C(=O)CNC(=O)c1cc(C)cc(C)c1. The van der Waals surface area contributed by atoms with Crippen LogP contribution in [0.1, 0.15) is 26.4 Å². The highest BCUT2D eigenvalue weighted by Crippen LogP contribution is 2.12. The van der Waals surface area contributed by atoms with Gasteiger partial charge in [-0.2, -0.15) is 0 Å². The van der Waals surface area contributed by atoms with Crippen LogP contribution in [0.25, 0.3) is 0 Å². The van der Waals surface area contributed by atoms with Crippen LogP contribution in [0.5, 0.6) is 0 Å². The van der Waals surface area contributed by atoms with Crippen molar-refractivity contribution in [2.24, 2.45) is 0 Å². The van der Waals surface area contributed by atoms with Crippen molar-refractivity contribution in [1.29, 1.82) is 0 Å². The van der Waals surface area contributed by atoms with Gasteiger partial charge in [0.05, 0.1) is 13.1 Å². The third kappa shape index (κ3) is 5.06. The summed E-state index contributed by atoms with van der Waals surface area (Å²) < 4.78 is 0. The van der Waals surface area contributed by atoms with E-state index < -0.39 is 0 Å². The number of carbonyl (C=O) groups is 2. The minimum Gasteiger partial charge on any atom is -0.343 e. The number of hydrogen-bond acceptors (Lipinski definition) is 3. The van der Waals surface area contributed by atoms with Gasteiger partial charge in [-0.25, -0.2) is 0 Å². The standard InChI is InChI=1S/C19H22N2O2S/c1-4-7-21(13-17-6-5-8-24-17)18(22)12-20-19(23)16-10-14(2)9-15(3)11-16/h4-6,8-11H,1,7,12-13H2,2-3H3,(H,20,23). The molecule has 0 aliphatic heterocycles. The molecule has 0 aliphatic rings. The van der Waals surface area contributed by atoms with Crippen molar-refractivity contribution < 1.29 is 9.59 Å². The number of benzene rings is 1. The Morgan fingerprint density at radius 1 is 1.25 bits per heavy atom. The first kappa shape index (κ1) is 17.9. The highest BCUT2D eigenvalue weighted by atomic mass is 32.1. The Kier molecular flexibility index (Phi) is 6.32. The largest absolute Gasteiger partial charge is 0.343 e. The maximum Gasteiger partial charge on any atom is 0.251 e. The number of amides is 2. The maximum atomic E-state index is 12.4. The molecule has 0 radical (unpaired) electrons. The van der Waals surface area contributed by atoms with Crippen LogP contribution in [0.3, 0.4) is 0 Å². The van der Waals surface area contributed by atoms with Crippen LogP contribution in [0.4, 0.5) is 0 Å². The van der Waals surface area contributed by atoms with E-state index in [9.17, 15) is 9.59 Å². The molecule has 0 spiro atoms. The topological polar surface area (TPSA) is 49.4 Å². The van der Waals surface area contributed by atoms with Crippen LogP contribution < -0.4 is 5.32 Å². The van der Waals surface area contributed by atoms with E-state index in [1.807, 2.05) is 49.6 Å². The van der Waals surface area contributed by atoms with E-state index in [4.69, 9.17) is 0 Å². The van der Waals surface area contributed by atoms with Crippen LogP contribution in [0.2, 0.25) is 0 Å². The minimum atomic E-state index is -0.232. The molecule has 2 aromatic rings. The van der Waals surface area contributed by atoms with Gasteiger partial charge < -0.3 is 10.2 Å². The van der Waals surface area contributed by atoms with Crippen molar-refractivity contribution in [1.82, 2.24) is 10.2 Å². The average molecular weight is 342 g/mol. The smallest absolute Gasteiger partial charge is 0.251 e. The summed E-state index contributed by atoms with van der Waals surface area (Å²) in [5.41, 5.74) is 2.63. The monoisotopic (exact) mass is 342 g/mol. The Balaban J connectivity index is 1.96. The van der Waals surface area contributed by atoms with Gasteiger partial charge in [-0.1, -0.05) is 29.3 Å². The second kappa shape index (κ2) is 8.45. The van der Waals surface area contributed by atoms with Crippen LogP contribution in [0, 0.1) is 13.8 Å². The lowest BCUT2D eigenvalue weighted by molar-refractivity contribution is -0.130. The number of nitrogens with one attached hydrogen (secondary N) is 1. The molecule has 126 valence electrons. The van der Waals surface area contributed by atoms with Gasteiger partial charge in [-0.05, 0) is 37.4 Å². The lowest BCUT2D eigenvalue weighted by Crippen LogP contribution is -2.39. The number of hydrogen-bond donors (Lipinski definition) is 1. The molecule has 1 aromatic carbocycles. The summed E-state index contributed by atoms with van der Waals surface area (Å²) in [5.74, 6) is -0.356. The van der Waals surface area contributed by atoms with Crippen molar-refractivity contribution in [3.63, 3.8) is 0 Å². The van der Waals surface area contributed by atoms with Gasteiger partial charge in [0.1, 0.15) is 0 Å². The number of aryl methyl sites for hydroxylation is 2. The molecule has 0 saturated carbocycles. The Bertz CT molecular complexity index is 703. The Labute approximate surface area is 146 Å². The predicted molar refractivity (Wildman–Crippen MR) is 98.2 cm³/mol. The van der Waals surface area contributed by atoms with Crippen molar-refractivity contribution in [2.45, 2.75) is 20.4 Å². The van der Waals surface area contributed by atoms with E-state index in [1.165, 1.54) is 0 Å². The molecule has 1 aromatic heterocycles. The quantitative estimate of drug-likeness (QED) is 0.785. The zero-order valence-electron chi connectivity index (χ0n) is 14.0. The van der Waals surface area contributed by atoms with Crippen molar-refractivity contribution in [3.05, 3.63) is 69.9 Å². The fourth-order valence-corrected chi connectivity index (χ4v) is 3.20. The second-order valence-electron chi connectivity index (χ2n) is 5.70. The lowest BCUT2D eigenvalue weighted by atomic mass is 10.1. The molecule has 2 rings (SSSR count). The third-order valence-corrected chi connectivity index (χ3v) is 4.37. The number of nitrogens with zero attached hydrogens (tertiary/aromatic N) is 1. The summed E-state index contributed by atoms with van der Waals surface area (Å²) in [4.78, 5) is 27.4. The predicted octanol–water partition coefficient (Wildman–Crippen LogP) is 3.31. The summed E-state index contributed by atoms with van der Waals surface area (Å²) in [6.45, 7) is 8.55. The van der Waals surface area contributed by atoms with Crippen LogP contribution in [0.15, 0.2) is 48.4 Å². The Morgan fingerprint density at radius 2 is 1.96 bits per heavy atom. The molecule has 2 amide bonds. The maximum absolute atomic E-state index is 12.4. The number of thiophene rings is 1. The zero-order valence-corrected chi connectivity index (χ0v) is 14.9. The molecular weight excluding hydrogens is 320 g/mol. The van der Waals surface area contributed by atoms with Gasteiger partial charge in [0.2, 0.25) is 5.91 Å². The number of rotatable bonds is 7. The van der Waals surface area contributed by atoms with Crippen LogP contribution >= 0.6 is 11.3 Å². The van der Waals surface area contributed by atoms with Crippen LogP contribution in [-0.4, -0.2) is 29.8 Å². The van der Waals surface area contributed by atoms with Crippen LogP contribution in [-0.2, 0) is 11.3 Å². The van der Waals surface area contributed by atoms with Gasteiger partial charge in [0, 0.05) is 17.0 Å². The molecule has 0 bridgehead atoms. The summed E-state index contributed by atoms with van der Waals surface area (Å²) in [5, 5.41) is 4.69. The van der Waals surface area contributed by atoms with E-state index in [-0.39, 0.29) is 18.4 Å². The molecule has 0 saturated heterocycles. The molecule has 0 atom stereocenters. The van der Waals surface area contributed by atoms with Crippen molar-refractivity contribution >= 4 is 23.2 Å². The van der Waals surface area contributed by atoms with Gasteiger partial charge in [0.15, 0.2) is 0 Å². The summed E-state index contributed by atoms with van der Waals surface area (Å²) >= 11 is 1.60. The second-order valence-corrected chi connectivity index (χ2v) is 6.73. The fraction of sp³-hybridized carbons (Fsp3) is 0.263. The van der Waals surface area contributed by atoms with E-state index in [0.29, 0.717) is 18.7 Å². The summed E-state index contributed by atoms with van der Waals surface area (Å²) in [6, 6.07) is 9.59. The first-order chi connectivity index (χ1) is 11.5. The Morgan fingerprint density at radius 3 is 2.54 bits per heavy atom. The average Bonchev–Trinajstić information content (AvgIpc) is 3.04. The molecule has 24 heavy (non-hydrogen) atoms. The molecule has 0 aliphatic carbocycles. The molecule has 1 heterocycles. The van der Waals surface area contributed by atoms with Crippen molar-refractivity contribution in [2.75, 3.05) is 13.1 Å². The lowest BCUT2D eigenvalue weighted by Gasteiger charge is -2.20. The first-order valence-corrected chi connectivity index (χ1v) is 8.65. The third-order valence-electron chi connectivity index (χ3n) is 3.51. The minimum absolute atomic E-state index is 0.0228. The first-order valence-electron chi connectivity index (χ1n) is 7.77.